The summed E-state index contributed by atoms with van der Waals surface area (Å²) in [5.41, 5.74) is 9.59. The molecule has 2 N–H and O–H groups in total. The number of nitrogens with two attached hydrogens (primary N) is 1. The molecule has 3 heteroatoms. The summed E-state index contributed by atoms with van der Waals surface area (Å²) in [7, 11) is 0. The Labute approximate surface area is 112 Å². The minimum Gasteiger partial charge on any atom is -0.328 e. The van der Waals surface area contributed by atoms with E-state index in [0.717, 1.165) is 17.8 Å². The smallest absolute Gasteiger partial charge is 0.123 e. The highest BCUT2D eigenvalue weighted by molar-refractivity contribution is 7.15. The van der Waals surface area contributed by atoms with Crippen molar-refractivity contribution >= 4 is 11.3 Å². The number of aryl methyl sites for hydroxylation is 2. The van der Waals surface area contributed by atoms with Crippen LogP contribution in [0.15, 0.2) is 24.3 Å². The zero-order valence-electron chi connectivity index (χ0n) is 10.8. The van der Waals surface area contributed by atoms with Gasteiger partial charge in [0, 0.05) is 16.5 Å². The highest BCUT2D eigenvalue weighted by Crippen LogP contribution is 2.42. The van der Waals surface area contributed by atoms with Crippen LogP contribution in [0.1, 0.15) is 34.9 Å². The third-order valence-corrected chi connectivity index (χ3v) is 5.01. The van der Waals surface area contributed by atoms with Gasteiger partial charge in [-0.3, -0.25) is 0 Å². The first kappa shape index (κ1) is 11.9. The number of benzene rings is 1. The summed E-state index contributed by atoms with van der Waals surface area (Å²) in [6.07, 6.45) is 2.24. The predicted octanol–water partition coefficient (Wildman–Crippen LogP) is 3.63. The molecule has 0 unspecified atom stereocenters. The van der Waals surface area contributed by atoms with E-state index in [1.165, 1.54) is 21.7 Å². The van der Waals surface area contributed by atoms with Crippen molar-refractivity contribution in [3.63, 3.8) is 0 Å². The molecular formula is C15H18N2S. The lowest BCUT2D eigenvalue weighted by Crippen LogP contribution is -2.34. The highest BCUT2D eigenvalue weighted by atomic mass is 32.1. The Morgan fingerprint density at radius 3 is 2.72 bits per heavy atom. The maximum Gasteiger partial charge on any atom is 0.123 e. The van der Waals surface area contributed by atoms with E-state index in [-0.39, 0.29) is 0 Å². The quantitative estimate of drug-likeness (QED) is 0.893. The Kier molecular flexibility index (Phi) is 2.96. The van der Waals surface area contributed by atoms with Crippen molar-refractivity contribution in [2.24, 2.45) is 5.73 Å². The Bertz CT molecular complexity index is 568. The normalized spacial score (nSPS) is 22.8. The van der Waals surface area contributed by atoms with E-state index in [1.807, 2.05) is 11.3 Å². The van der Waals surface area contributed by atoms with Crippen LogP contribution in [0.25, 0.3) is 10.6 Å². The molecule has 94 valence electrons. The fraction of sp³-hybridized carbons (Fsp3) is 0.400. The number of thiazole rings is 1. The summed E-state index contributed by atoms with van der Waals surface area (Å²) in [4.78, 5) is 6.17. The van der Waals surface area contributed by atoms with Crippen molar-refractivity contribution in [1.29, 1.82) is 0 Å². The van der Waals surface area contributed by atoms with Crippen LogP contribution in [-0.4, -0.2) is 11.0 Å². The molecule has 1 aromatic heterocycles. The summed E-state index contributed by atoms with van der Waals surface area (Å²) in [5, 5.41) is 1.15. The maximum absolute atomic E-state index is 5.88. The molecule has 0 spiro atoms. The fourth-order valence-electron chi connectivity index (χ4n) is 2.56. The van der Waals surface area contributed by atoms with Gasteiger partial charge < -0.3 is 5.73 Å². The van der Waals surface area contributed by atoms with Crippen LogP contribution in [0.3, 0.4) is 0 Å². The van der Waals surface area contributed by atoms with E-state index in [2.05, 4.69) is 38.1 Å². The zero-order chi connectivity index (χ0) is 12.7. The van der Waals surface area contributed by atoms with E-state index in [1.54, 1.807) is 0 Å². The van der Waals surface area contributed by atoms with Gasteiger partial charge in [0.05, 0.1) is 5.69 Å². The van der Waals surface area contributed by atoms with Crippen LogP contribution in [0, 0.1) is 13.8 Å². The second-order valence-corrected chi connectivity index (χ2v) is 6.30. The lowest BCUT2D eigenvalue weighted by Gasteiger charge is -2.31. The third-order valence-electron chi connectivity index (χ3n) is 3.64. The Balaban J connectivity index is 1.92. The van der Waals surface area contributed by atoms with E-state index in [0.29, 0.717) is 12.0 Å². The molecular weight excluding hydrogens is 240 g/mol. The van der Waals surface area contributed by atoms with Gasteiger partial charge in [0.25, 0.3) is 0 Å². The van der Waals surface area contributed by atoms with Crippen LogP contribution >= 0.6 is 11.3 Å². The van der Waals surface area contributed by atoms with Gasteiger partial charge in [-0.25, -0.2) is 4.98 Å². The van der Waals surface area contributed by atoms with Crippen LogP contribution in [-0.2, 0) is 0 Å². The van der Waals surface area contributed by atoms with E-state index >= 15 is 0 Å². The standard InChI is InChI=1S/C15H18N2S/c1-9-4-3-5-11(6-9)15-17-10(2)14(18-15)12-7-13(16)8-12/h3-6,12-13H,7-8,16H2,1-2H3. The molecule has 0 saturated heterocycles. The first-order chi connectivity index (χ1) is 8.63. The molecule has 0 amide bonds. The number of rotatable bonds is 2. The summed E-state index contributed by atoms with van der Waals surface area (Å²) in [5.74, 6) is 0.649. The number of hydrogen-bond donors (Lipinski definition) is 1. The second kappa shape index (κ2) is 4.48. The molecule has 2 nitrogen and oxygen atoms in total. The van der Waals surface area contributed by atoms with Gasteiger partial charge in [0.2, 0.25) is 0 Å². The Morgan fingerprint density at radius 2 is 2.06 bits per heavy atom. The van der Waals surface area contributed by atoms with Gasteiger partial charge in [0.15, 0.2) is 0 Å². The molecule has 1 aliphatic carbocycles. The first-order valence-electron chi connectivity index (χ1n) is 6.43. The predicted molar refractivity (Wildman–Crippen MR) is 77.0 cm³/mol. The maximum atomic E-state index is 5.88. The van der Waals surface area contributed by atoms with Gasteiger partial charge in [0.1, 0.15) is 5.01 Å². The molecule has 1 aliphatic rings. The highest BCUT2D eigenvalue weighted by Gasteiger charge is 2.30. The average Bonchev–Trinajstić information content (AvgIpc) is 2.67. The van der Waals surface area contributed by atoms with Crippen molar-refractivity contribution in [3.8, 4) is 10.6 Å². The van der Waals surface area contributed by atoms with Crippen molar-refractivity contribution < 1.29 is 0 Å². The van der Waals surface area contributed by atoms with Crippen LogP contribution < -0.4 is 5.73 Å². The summed E-state index contributed by atoms with van der Waals surface area (Å²) in [6.45, 7) is 4.24. The van der Waals surface area contributed by atoms with Gasteiger partial charge in [-0.15, -0.1) is 11.3 Å². The molecule has 18 heavy (non-hydrogen) atoms. The van der Waals surface area contributed by atoms with Crippen molar-refractivity contribution in [1.82, 2.24) is 4.98 Å². The Morgan fingerprint density at radius 1 is 1.28 bits per heavy atom. The van der Waals surface area contributed by atoms with Crippen molar-refractivity contribution in [3.05, 3.63) is 40.4 Å². The minimum absolute atomic E-state index is 0.402. The van der Waals surface area contributed by atoms with Gasteiger partial charge in [-0.05, 0) is 38.7 Å². The van der Waals surface area contributed by atoms with Gasteiger partial charge in [-0.1, -0.05) is 23.8 Å². The zero-order valence-corrected chi connectivity index (χ0v) is 11.6. The molecule has 1 fully saturated rings. The average molecular weight is 258 g/mol. The largest absolute Gasteiger partial charge is 0.328 e. The topological polar surface area (TPSA) is 38.9 Å². The van der Waals surface area contributed by atoms with E-state index in [4.69, 9.17) is 10.7 Å². The lowest BCUT2D eigenvalue weighted by molar-refractivity contribution is 0.354. The number of hydrogen-bond acceptors (Lipinski definition) is 3. The third kappa shape index (κ3) is 2.08. The van der Waals surface area contributed by atoms with Crippen LogP contribution in [0.4, 0.5) is 0 Å². The Hall–Kier alpha value is -1.19. The summed E-state index contributed by atoms with van der Waals surface area (Å²) >= 11 is 1.84. The molecule has 1 saturated carbocycles. The lowest BCUT2D eigenvalue weighted by atomic mass is 9.79. The summed E-state index contributed by atoms with van der Waals surface area (Å²) < 4.78 is 0. The van der Waals surface area contributed by atoms with Crippen molar-refractivity contribution in [2.75, 3.05) is 0 Å². The van der Waals surface area contributed by atoms with Crippen LogP contribution in [0.2, 0.25) is 0 Å². The monoisotopic (exact) mass is 258 g/mol. The molecule has 1 heterocycles. The van der Waals surface area contributed by atoms with Gasteiger partial charge in [-0.2, -0.15) is 0 Å². The van der Waals surface area contributed by atoms with Crippen molar-refractivity contribution in [2.45, 2.75) is 38.6 Å². The molecule has 2 aromatic rings. The molecule has 1 aromatic carbocycles. The summed E-state index contributed by atoms with van der Waals surface area (Å²) in [6, 6.07) is 8.96. The SMILES string of the molecule is Cc1cccc(-c2nc(C)c(C3CC(N)C3)s2)c1. The first-order valence-corrected chi connectivity index (χ1v) is 7.25. The van der Waals surface area contributed by atoms with E-state index in [9.17, 15) is 0 Å². The van der Waals surface area contributed by atoms with Crippen LogP contribution in [0.5, 0.6) is 0 Å². The molecule has 0 bridgehead atoms. The van der Waals surface area contributed by atoms with Gasteiger partial charge >= 0.3 is 0 Å². The number of aromatic nitrogens is 1. The molecule has 0 aliphatic heterocycles. The second-order valence-electron chi connectivity index (χ2n) is 5.27. The van der Waals surface area contributed by atoms with E-state index < -0.39 is 0 Å². The molecule has 3 rings (SSSR count). The molecule has 0 atom stereocenters. The molecule has 0 radical (unpaired) electrons. The minimum atomic E-state index is 0.402. The number of nitrogens with zero attached hydrogens (tertiary/aromatic N) is 1. The fourth-order valence-corrected chi connectivity index (χ4v) is 3.75.